The van der Waals surface area contributed by atoms with E-state index in [2.05, 4.69) is 9.72 Å². The Hall–Kier alpha value is -2.50. The molecule has 114 valence electrons. The number of alkyl halides is 3. The fourth-order valence-corrected chi connectivity index (χ4v) is 2.53. The van der Waals surface area contributed by atoms with Gasteiger partial charge in [-0.1, -0.05) is 12.1 Å². The largest absolute Gasteiger partial charge is 0.573 e. The molecule has 0 aliphatic carbocycles. The fourth-order valence-electron chi connectivity index (χ4n) is 2.53. The minimum atomic E-state index is -4.68. The Balaban J connectivity index is 2.01. The molecule has 3 nitrogen and oxygen atoms in total. The van der Waals surface area contributed by atoms with Gasteiger partial charge in [-0.05, 0) is 42.8 Å². The molecule has 3 rings (SSSR count). The van der Waals surface area contributed by atoms with Crippen LogP contribution < -0.4 is 4.74 Å². The van der Waals surface area contributed by atoms with Crippen molar-refractivity contribution in [2.24, 2.45) is 7.05 Å². The molecule has 0 bridgehead atoms. The molecule has 2 aromatic carbocycles. The molecule has 0 spiro atoms. The van der Waals surface area contributed by atoms with E-state index in [-0.39, 0.29) is 5.75 Å². The van der Waals surface area contributed by atoms with Crippen molar-refractivity contribution in [1.29, 1.82) is 0 Å². The highest BCUT2D eigenvalue weighted by molar-refractivity contribution is 5.83. The van der Waals surface area contributed by atoms with Gasteiger partial charge >= 0.3 is 6.36 Å². The van der Waals surface area contributed by atoms with E-state index in [1.54, 1.807) is 12.1 Å². The summed E-state index contributed by atoms with van der Waals surface area (Å²) in [5.41, 5.74) is 3.68. The maximum absolute atomic E-state index is 12.2. The Morgan fingerprint density at radius 3 is 2.32 bits per heavy atom. The number of rotatable bonds is 2. The molecule has 0 radical (unpaired) electrons. The number of halogens is 3. The zero-order valence-corrected chi connectivity index (χ0v) is 12.0. The highest BCUT2D eigenvalue weighted by atomic mass is 19.4. The van der Waals surface area contributed by atoms with Crippen molar-refractivity contribution < 1.29 is 17.9 Å². The van der Waals surface area contributed by atoms with Crippen molar-refractivity contribution in [3.63, 3.8) is 0 Å². The summed E-state index contributed by atoms with van der Waals surface area (Å²) in [6.45, 7) is 1.99. The van der Waals surface area contributed by atoms with Gasteiger partial charge in [0.2, 0.25) is 0 Å². The molecular formula is C16H13F3N2O. The number of aromatic nitrogens is 2. The lowest BCUT2D eigenvalue weighted by Gasteiger charge is -2.09. The summed E-state index contributed by atoms with van der Waals surface area (Å²) in [6, 6.07) is 11.5. The van der Waals surface area contributed by atoms with Crippen LogP contribution in [0.2, 0.25) is 0 Å². The van der Waals surface area contributed by atoms with Gasteiger partial charge in [-0.25, -0.2) is 4.98 Å². The molecule has 1 heterocycles. The second kappa shape index (κ2) is 5.05. The van der Waals surface area contributed by atoms with Crippen molar-refractivity contribution in [2.45, 2.75) is 13.3 Å². The molecule has 0 aliphatic rings. The van der Waals surface area contributed by atoms with Crippen molar-refractivity contribution in [1.82, 2.24) is 9.55 Å². The van der Waals surface area contributed by atoms with E-state index in [0.29, 0.717) is 5.82 Å². The zero-order chi connectivity index (χ0) is 15.9. The van der Waals surface area contributed by atoms with Crippen LogP contribution in [0.4, 0.5) is 13.2 Å². The van der Waals surface area contributed by atoms with Gasteiger partial charge in [0.25, 0.3) is 0 Å². The van der Waals surface area contributed by atoms with Gasteiger partial charge in [0.15, 0.2) is 0 Å². The van der Waals surface area contributed by atoms with Crippen molar-refractivity contribution in [2.75, 3.05) is 0 Å². The number of hydrogen-bond acceptors (Lipinski definition) is 2. The summed E-state index contributed by atoms with van der Waals surface area (Å²) in [4.78, 5) is 4.55. The third-order valence-electron chi connectivity index (χ3n) is 3.44. The monoisotopic (exact) mass is 306 g/mol. The van der Waals surface area contributed by atoms with Gasteiger partial charge in [-0.3, -0.25) is 0 Å². The maximum Gasteiger partial charge on any atom is 0.573 e. The zero-order valence-electron chi connectivity index (χ0n) is 12.0. The summed E-state index contributed by atoms with van der Waals surface area (Å²) >= 11 is 0. The van der Waals surface area contributed by atoms with E-state index in [9.17, 15) is 13.2 Å². The molecule has 3 aromatic rings. The van der Waals surface area contributed by atoms with Crippen LogP contribution in [-0.4, -0.2) is 15.9 Å². The first-order valence-electron chi connectivity index (χ1n) is 6.63. The molecule has 0 amide bonds. The Kier molecular flexibility index (Phi) is 3.31. The third-order valence-corrected chi connectivity index (χ3v) is 3.44. The Bertz CT molecular complexity index is 820. The van der Waals surface area contributed by atoms with E-state index in [1.807, 2.05) is 36.7 Å². The average Bonchev–Trinajstić information content (AvgIpc) is 2.77. The molecular weight excluding hydrogens is 293 g/mol. The molecule has 0 saturated carbocycles. The summed E-state index contributed by atoms with van der Waals surface area (Å²) in [5.74, 6) is 0.453. The highest BCUT2D eigenvalue weighted by Crippen LogP contribution is 2.28. The van der Waals surface area contributed by atoms with Crippen LogP contribution in [0, 0.1) is 6.92 Å². The third kappa shape index (κ3) is 2.64. The van der Waals surface area contributed by atoms with Crippen LogP contribution in [0.25, 0.3) is 22.4 Å². The number of para-hydroxylation sites is 1. The fraction of sp³-hybridized carbons (Fsp3) is 0.188. The van der Waals surface area contributed by atoms with E-state index in [4.69, 9.17) is 0 Å². The van der Waals surface area contributed by atoms with E-state index in [1.165, 1.54) is 12.1 Å². The predicted octanol–water partition coefficient (Wildman–Crippen LogP) is 4.45. The van der Waals surface area contributed by atoms with Gasteiger partial charge in [0, 0.05) is 12.6 Å². The van der Waals surface area contributed by atoms with E-state index < -0.39 is 6.36 Å². The minimum absolute atomic E-state index is 0.244. The highest BCUT2D eigenvalue weighted by Gasteiger charge is 2.31. The Morgan fingerprint density at radius 1 is 1.05 bits per heavy atom. The summed E-state index contributed by atoms with van der Waals surface area (Å²) < 4.78 is 42.3. The van der Waals surface area contributed by atoms with Gasteiger partial charge in [0.05, 0.1) is 11.0 Å². The number of imidazole rings is 1. The predicted molar refractivity (Wildman–Crippen MR) is 77.6 cm³/mol. The number of aryl methyl sites for hydroxylation is 2. The standard InChI is InChI=1S/C16H13F3N2O/c1-10-4-3-5-13-14(10)21(2)15(20-13)11-6-8-12(9-7-11)22-16(17,18)19/h3-9H,1-2H3. The van der Waals surface area contributed by atoms with Gasteiger partial charge in [-0.2, -0.15) is 0 Å². The summed E-state index contributed by atoms with van der Waals surface area (Å²) in [5, 5.41) is 0. The van der Waals surface area contributed by atoms with Crippen LogP contribution in [0.5, 0.6) is 5.75 Å². The molecule has 0 atom stereocenters. The molecule has 0 N–H and O–H groups in total. The SMILES string of the molecule is Cc1cccc2nc(-c3ccc(OC(F)(F)F)cc3)n(C)c12. The smallest absolute Gasteiger partial charge is 0.406 e. The number of fused-ring (bicyclic) bond motifs is 1. The van der Waals surface area contributed by atoms with E-state index >= 15 is 0 Å². The van der Waals surface area contributed by atoms with Gasteiger partial charge in [0.1, 0.15) is 11.6 Å². The number of hydrogen-bond donors (Lipinski definition) is 0. The van der Waals surface area contributed by atoms with Gasteiger partial charge in [-0.15, -0.1) is 13.2 Å². The molecule has 0 unspecified atom stereocenters. The molecule has 22 heavy (non-hydrogen) atoms. The van der Waals surface area contributed by atoms with Crippen molar-refractivity contribution >= 4 is 11.0 Å². The summed E-state index contributed by atoms with van der Waals surface area (Å²) in [6.07, 6.45) is -4.68. The lowest BCUT2D eigenvalue weighted by atomic mass is 10.2. The first kappa shape index (κ1) is 14.4. The minimum Gasteiger partial charge on any atom is -0.406 e. The molecule has 1 aromatic heterocycles. The van der Waals surface area contributed by atoms with Gasteiger partial charge < -0.3 is 9.30 Å². The maximum atomic E-state index is 12.2. The summed E-state index contributed by atoms with van der Waals surface area (Å²) in [7, 11) is 1.89. The number of benzene rings is 2. The average molecular weight is 306 g/mol. The lowest BCUT2D eigenvalue weighted by Crippen LogP contribution is -2.16. The molecule has 0 saturated heterocycles. The quantitative estimate of drug-likeness (QED) is 0.699. The van der Waals surface area contributed by atoms with Crippen LogP contribution in [0.3, 0.4) is 0 Å². The Labute approximate surface area is 125 Å². The first-order valence-corrected chi connectivity index (χ1v) is 6.63. The molecule has 6 heteroatoms. The second-order valence-electron chi connectivity index (χ2n) is 5.01. The molecule has 0 aliphatic heterocycles. The van der Waals surface area contributed by atoms with E-state index in [0.717, 1.165) is 22.2 Å². The second-order valence-corrected chi connectivity index (χ2v) is 5.01. The molecule has 0 fully saturated rings. The first-order chi connectivity index (χ1) is 10.3. The normalized spacial score (nSPS) is 11.9. The lowest BCUT2D eigenvalue weighted by molar-refractivity contribution is -0.274. The van der Waals surface area contributed by atoms with Crippen molar-refractivity contribution in [3.05, 3.63) is 48.0 Å². The van der Waals surface area contributed by atoms with Crippen LogP contribution >= 0.6 is 0 Å². The number of ether oxygens (including phenoxy) is 1. The van der Waals surface area contributed by atoms with Crippen LogP contribution in [0.15, 0.2) is 42.5 Å². The van der Waals surface area contributed by atoms with Crippen LogP contribution in [-0.2, 0) is 7.05 Å². The number of nitrogens with zero attached hydrogens (tertiary/aromatic N) is 2. The van der Waals surface area contributed by atoms with Crippen molar-refractivity contribution in [3.8, 4) is 17.1 Å². The topological polar surface area (TPSA) is 27.1 Å². The Morgan fingerprint density at radius 2 is 1.73 bits per heavy atom. The van der Waals surface area contributed by atoms with Crippen LogP contribution in [0.1, 0.15) is 5.56 Å².